The van der Waals surface area contributed by atoms with E-state index in [1.165, 1.54) is 12.1 Å². The molecule has 102 valence electrons. The summed E-state index contributed by atoms with van der Waals surface area (Å²) in [5.74, 6) is -0.263. The molecule has 0 bridgehead atoms. The number of halogens is 2. The lowest BCUT2D eigenvalue weighted by Crippen LogP contribution is -2.34. The summed E-state index contributed by atoms with van der Waals surface area (Å²) in [7, 11) is 0. The summed E-state index contributed by atoms with van der Waals surface area (Å²) < 4.78 is 14.4. The van der Waals surface area contributed by atoms with Gasteiger partial charge in [-0.2, -0.15) is 0 Å². The molecule has 0 unspecified atom stereocenters. The molecule has 2 aromatic carbocycles. The van der Waals surface area contributed by atoms with E-state index in [0.29, 0.717) is 25.1 Å². The van der Waals surface area contributed by atoms with Gasteiger partial charge in [-0.05, 0) is 41.8 Å². The van der Waals surface area contributed by atoms with Crippen molar-refractivity contribution in [2.45, 2.75) is 19.4 Å². The molecule has 0 atom stereocenters. The quantitative estimate of drug-likeness (QED) is 0.811. The van der Waals surface area contributed by atoms with E-state index in [9.17, 15) is 9.18 Å². The first-order valence-electron chi connectivity index (χ1n) is 6.47. The van der Waals surface area contributed by atoms with E-state index in [-0.39, 0.29) is 11.7 Å². The molecule has 0 fully saturated rings. The smallest absolute Gasteiger partial charge is 0.227 e. The van der Waals surface area contributed by atoms with Crippen LogP contribution in [0.1, 0.15) is 17.5 Å². The van der Waals surface area contributed by atoms with Crippen molar-refractivity contribution in [1.29, 1.82) is 0 Å². The molecular weight excluding hydrogens is 321 g/mol. The maximum Gasteiger partial charge on any atom is 0.227 e. The highest BCUT2D eigenvalue weighted by Crippen LogP contribution is 2.30. The highest BCUT2D eigenvalue weighted by molar-refractivity contribution is 9.10. The number of anilines is 1. The van der Waals surface area contributed by atoms with Crippen molar-refractivity contribution in [3.8, 4) is 0 Å². The second-order valence-electron chi connectivity index (χ2n) is 4.88. The van der Waals surface area contributed by atoms with E-state index in [1.54, 1.807) is 11.0 Å². The van der Waals surface area contributed by atoms with Gasteiger partial charge < -0.3 is 4.90 Å². The lowest BCUT2D eigenvalue weighted by molar-refractivity contribution is -0.119. The molecule has 0 N–H and O–H groups in total. The van der Waals surface area contributed by atoms with Gasteiger partial charge >= 0.3 is 0 Å². The third-order valence-electron chi connectivity index (χ3n) is 3.48. The maximum absolute atomic E-state index is 13.5. The lowest BCUT2D eigenvalue weighted by Gasteiger charge is -2.29. The van der Waals surface area contributed by atoms with Gasteiger partial charge in [0.2, 0.25) is 5.91 Å². The average Bonchev–Trinajstić information content (AvgIpc) is 2.42. The van der Waals surface area contributed by atoms with E-state index in [2.05, 4.69) is 15.9 Å². The fourth-order valence-electron chi connectivity index (χ4n) is 2.50. The Labute approximate surface area is 125 Å². The van der Waals surface area contributed by atoms with Gasteiger partial charge in [0, 0.05) is 10.9 Å². The standard InChI is InChI=1S/C16H13BrFNO/c17-13-3-1-2-11(8-13)10-19-15-9-14(18)6-4-12(15)5-7-16(19)20/h1-4,6,8-9H,5,7,10H2. The third-order valence-corrected chi connectivity index (χ3v) is 3.97. The van der Waals surface area contributed by atoms with Gasteiger partial charge in [0.25, 0.3) is 0 Å². The second-order valence-corrected chi connectivity index (χ2v) is 5.80. The van der Waals surface area contributed by atoms with E-state index in [0.717, 1.165) is 15.6 Å². The van der Waals surface area contributed by atoms with Crippen LogP contribution >= 0.6 is 15.9 Å². The Morgan fingerprint density at radius 2 is 2.00 bits per heavy atom. The number of carbonyl (C=O) groups excluding carboxylic acids is 1. The van der Waals surface area contributed by atoms with E-state index in [1.807, 2.05) is 24.3 Å². The Hall–Kier alpha value is -1.68. The van der Waals surface area contributed by atoms with Crippen molar-refractivity contribution < 1.29 is 9.18 Å². The van der Waals surface area contributed by atoms with Crippen LogP contribution in [0.5, 0.6) is 0 Å². The van der Waals surface area contributed by atoms with Crippen molar-refractivity contribution in [2.24, 2.45) is 0 Å². The second kappa shape index (κ2) is 5.37. The molecule has 1 aliphatic heterocycles. The number of carbonyl (C=O) groups is 1. The topological polar surface area (TPSA) is 20.3 Å². The summed E-state index contributed by atoms with van der Waals surface area (Å²) in [6.07, 6.45) is 1.16. The monoisotopic (exact) mass is 333 g/mol. The number of hydrogen-bond donors (Lipinski definition) is 0. The molecule has 1 amide bonds. The summed E-state index contributed by atoms with van der Waals surface area (Å²) in [6.45, 7) is 0.467. The highest BCUT2D eigenvalue weighted by atomic mass is 79.9. The Bertz CT molecular complexity index is 671. The first-order valence-corrected chi connectivity index (χ1v) is 7.26. The molecule has 1 heterocycles. The van der Waals surface area contributed by atoms with Crippen LogP contribution in [0, 0.1) is 5.82 Å². The van der Waals surface area contributed by atoms with Crippen molar-refractivity contribution in [3.05, 3.63) is 63.9 Å². The summed E-state index contributed by atoms with van der Waals surface area (Å²) in [6, 6.07) is 12.5. The molecule has 0 spiro atoms. The predicted molar refractivity (Wildman–Crippen MR) is 80.1 cm³/mol. The zero-order valence-corrected chi connectivity index (χ0v) is 12.4. The molecule has 0 radical (unpaired) electrons. The van der Waals surface area contributed by atoms with Gasteiger partial charge in [-0.25, -0.2) is 4.39 Å². The zero-order valence-electron chi connectivity index (χ0n) is 10.8. The molecule has 0 aliphatic carbocycles. The van der Waals surface area contributed by atoms with Gasteiger partial charge in [-0.3, -0.25) is 4.79 Å². The van der Waals surface area contributed by atoms with Crippen molar-refractivity contribution >= 4 is 27.5 Å². The Morgan fingerprint density at radius 1 is 1.15 bits per heavy atom. The van der Waals surface area contributed by atoms with E-state index < -0.39 is 0 Å². The lowest BCUT2D eigenvalue weighted by atomic mass is 10.0. The molecule has 3 rings (SSSR count). The van der Waals surface area contributed by atoms with Crippen LogP contribution in [0.25, 0.3) is 0 Å². The van der Waals surface area contributed by atoms with Gasteiger partial charge in [-0.15, -0.1) is 0 Å². The minimum absolute atomic E-state index is 0.0445. The molecule has 4 heteroatoms. The fraction of sp³-hybridized carbons (Fsp3) is 0.188. The largest absolute Gasteiger partial charge is 0.308 e. The van der Waals surface area contributed by atoms with Gasteiger partial charge in [0.15, 0.2) is 0 Å². The number of aryl methyl sites for hydroxylation is 1. The Balaban J connectivity index is 1.97. The number of benzene rings is 2. The molecule has 1 aliphatic rings. The number of amides is 1. The van der Waals surface area contributed by atoms with Crippen molar-refractivity contribution in [3.63, 3.8) is 0 Å². The molecule has 2 aromatic rings. The number of hydrogen-bond acceptors (Lipinski definition) is 1. The van der Waals surface area contributed by atoms with Crippen LogP contribution < -0.4 is 4.90 Å². The van der Waals surface area contributed by atoms with Crippen LogP contribution in [0.4, 0.5) is 10.1 Å². The van der Waals surface area contributed by atoms with Crippen LogP contribution in [0.15, 0.2) is 46.9 Å². The SMILES string of the molecule is O=C1CCc2ccc(F)cc2N1Cc1cccc(Br)c1. The molecule has 2 nitrogen and oxygen atoms in total. The Kier molecular flexibility index (Phi) is 3.57. The molecule has 0 aromatic heterocycles. The van der Waals surface area contributed by atoms with Gasteiger partial charge in [-0.1, -0.05) is 34.1 Å². The summed E-state index contributed by atoms with van der Waals surface area (Å²) in [4.78, 5) is 13.8. The molecule has 20 heavy (non-hydrogen) atoms. The zero-order chi connectivity index (χ0) is 14.1. The minimum Gasteiger partial charge on any atom is -0.308 e. The number of nitrogens with zero attached hydrogens (tertiary/aromatic N) is 1. The van der Waals surface area contributed by atoms with Crippen LogP contribution in [-0.4, -0.2) is 5.91 Å². The molecule has 0 saturated carbocycles. The highest BCUT2D eigenvalue weighted by Gasteiger charge is 2.24. The predicted octanol–water partition coefficient (Wildman–Crippen LogP) is 4.07. The first-order chi connectivity index (χ1) is 9.63. The summed E-state index contributed by atoms with van der Waals surface area (Å²) in [5, 5.41) is 0. The van der Waals surface area contributed by atoms with Crippen molar-refractivity contribution in [2.75, 3.05) is 4.90 Å². The number of rotatable bonds is 2. The summed E-state index contributed by atoms with van der Waals surface area (Å²) in [5.41, 5.74) is 2.74. The fourth-order valence-corrected chi connectivity index (χ4v) is 2.95. The van der Waals surface area contributed by atoms with Crippen LogP contribution in [0.2, 0.25) is 0 Å². The van der Waals surface area contributed by atoms with E-state index in [4.69, 9.17) is 0 Å². The number of fused-ring (bicyclic) bond motifs is 1. The van der Waals surface area contributed by atoms with Crippen LogP contribution in [-0.2, 0) is 17.8 Å². The van der Waals surface area contributed by atoms with Crippen molar-refractivity contribution in [1.82, 2.24) is 0 Å². The van der Waals surface area contributed by atoms with Crippen LogP contribution in [0.3, 0.4) is 0 Å². The maximum atomic E-state index is 13.5. The Morgan fingerprint density at radius 3 is 2.80 bits per heavy atom. The van der Waals surface area contributed by atoms with Gasteiger partial charge in [0.05, 0.1) is 12.2 Å². The van der Waals surface area contributed by atoms with E-state index >= 15 is 0 Å². The van der Waals surface area contributed by atoms with Gasteiger partial charge in [0.1, 0.15) is 5.82 Å². The summed E-state index contributed by atoms with van der Waals surface area (Å²) >= 11 is 3.42. The molecule has 0 saturated heterocycles. The average molecular weight is 334 g/mol. The first kappa shape index (κ1) is 13.3. The third kappa shape index (κ3) is 2.61. The normalized spacial score (nSPS) is 14.3. The minimum atomic E-state index is -0.308. The molecular formula is C16H13BrFNO.